The molecule has 6 aromatic carbocycles. The molecule has 10 aromatic rings. The van der Waals surface area contributed by atoms with Gasteiger partial charge < -0.3 is 19.9 Å². The molecule has 0 saturated heterocycles. The van der Waals surface area contributed by atoms with E-state index in [1.54, 1.807) is 109 Å². The fourth-order valence-electron chi connectivity index (χ4n) is 10.9. The van der Waals surface area contributed by atoms with Crippen LogP contribution in [0.5, 0.6) is 0 Å². The number of aromatic nitrogens is 4. The average molecular weight is 1340 g/mol. The quantitative estimate of drug-likeness (QED) is 0.128. The highest BCUT2D eigenvalue weighted by Gasteiger charge is 2.29. The summed E-state index contributed by atoms with van der Waals surface area (Å²) in [6, 6.07) is 47.5. The Morgan fingerprint density at radius 3 is 0.690 bits per heavy atom. The number of nitrogens with zero attached hydrogens (tertiary/aromatic N) is 2. The van der Waals surface area contributed by atoms with Gasteiger partial charge in [0.05, 0.1) is 83.1 Å². The van der Waals surface area contributed by atoms with Gasteiger partial charge in [0, 0.05) is 111 Å². The minimum atomic E-state index is 0.380. The minimum absolute atomic E-state index is 0.380. The third-order valence-electron chi connectivity index (χ3n) is 14.5. The lowest BCUT2D eigenvalue weighted by molar-refractivity contribution is 1.22. The van der Waals surface area contributed by atoms with Gasteiger partial charge in [-0.1, -0.05) is 176 Å². The van der Waals surface area contributed by atoms with E-state index < -0.39 is 0 Å². The van der Waals surface area contributed by atoms with Gasteiger partial charge in [0.15, 0.2) is 0 Å². The van der Waals surface area contributed by atoms with Gasteiger partial charge in [0.1, 0.15) is 0 Å². The van der Waals surface area contributed by atoms with Crippen LogP contribution in [-0.2, 0) is 0 Å². The highest BCUT2D eigenvalue weighted by atomic mass is 35.5. The molecule has 3 aliphatic heterocycles. The topological polar surface area (TPSA) is 87.9 Å². The van der Waals surface area contributed by atoms with E-state index in [-0.39, 0.29) is 0 Å². The van der Waals surface area contributed by atoms with Crippen molar-refractivity contribution in [3.63, 3.8) is 0 Å². The van der Waals surface area contributed by atoms with E-state index in [0.717, 1.165) is 0 Å². The van der Waals surface area contributed by atoms with Crippen LogP contribution >= 0.6 is 139 Å². The van der Waals surface area contributed by atoms with Crippen molar-refractivity contribution in [2.45, 2.75) is 0 Å². The van der Waals surface area contributed by atoms with Crippen LogP contribution < -0.4 is 21.4 Å². The van der Waals surface area contributed by atoms with Gasteiger partial charge in [-0.25, -0.2) is 9.98 Å². The molecule has 0 amide bonds. The molecule has 0 atom stereocenters. The van der Waals surface area contributed by atoms with Crippen LogP contribution in [0.25, 0.3) is 33.4 Å². The molecular weight excluding hydrogens is 1300 g/mol. The number of rotatable bonds is 6. The maximum absolute atomic E-state index is 7.20. The maximum atomic E-state index is 7.20. The summed E-state index contributed by atoms with van der Waals surface area (Å²) < 4.78 is 0. The predicted molar refractivity (Wildman–Crippen MR) is 354 cm³/mol. The van der Waals surface area contributed by atoms with Gasteiger partial charge in [-0.2, -0.15) is 0 Å². The summed E-state index contributed by atoms with van der Waals surface area (Å²) in [4.78, 5) is 25.7. The van der Waals surface area contributed by atoms with Gasteiger partial charge in [0.25, 0.3) is 0 Å². The number of aromatic amines is 4. The normalized spacial score (nSPS) is 14.3. The summed E-state index contributed by atoms with van der Waals surface area (Å²) in [5.74, 6) is 0. The van der Waals surface area contributed by atoms with Gasteiger partial charge in [-0.3, -0.25) is 0 Å². The van der Waals surface area contributed by atoms with E-state index in [9.17, 15) is 0 Å². The molecule has 84 heavy (non-hydrogen) atoms. The zero-order valence-electron chi connectivity index (χ0n) is 42.8. The lowest BCUT2D eigenvalue weighted by atomic mass is 10.00. The Labute approximate surface area is 540 Å². The van der Waals surface area contributed by atoms with Crippen LogP contribution in [0, 0.1) is 0 Å². The third-order valence-corrected chi connectivity index (χ3v) is 18.3. The lowest BCUT2D eigenvalue weighted by Crippen LogP contribution is -2.20. The number of H-pyrrole nitrogens is 4. The Hall–Kier alpha value is -6.30. The zero-order valence-corrected chi connectivity index (χ0v) is 51.8. The van der Waals surface area contributed by atoms with E-state index in [0.29, 0.717) is 194 Å². The SMILES string of the molecule is Clc1cccc(Cl)c1C1=C2C=CC(=N2)C(c2c(Cl)cccc2Cl)=c2ccc([nH]2)=C(c2c(Cl)cccc2Cl)c2ccc([nH]2)C(c2c(Cl)cccc2Cl)=C2C=CC(=N2)C(c2c(Cl)cccc2Cl)=c2ccc([nH]2)=C(c2c(Cl)cccc2Cl)c2ccc1[nH]2. The number of hydrogen-bond acceptors (Lipinski definition) is 2. The zero-order chi connectivity index (χ0) is 58.2. The Morgan fingerprint density at radius 1 is 0.214 bits per heavy atom. The molecule has 18 heteroatoms. The van der Waals surface area contributed by atoms with Crippen molar-refractivity contribution >= 4 is 184 Å². The lowest BCUT2D eigenvalue weighted by Gasteiger charge is -2.14. The molecule has 0 fully saturated rings. The Kier molecular flexibility index (Phi) is 15.7. The number of benzene rings is 6. The number of fused-ring (bicyclic) bond motifs is 10. The highest BCUT2D eigenvalue weighted by Crippen LogP contribution is 2.44. The Balaban J connectivity index is 1.21. The first-order valence-corrected chi connectivity index (χ1v) is 30.1. The monoisotopic (exact) mass is 1330 g/mol. The standard InChI is InChI=1S/C66H34Cl12N6/c67-31-7-1-8-32(68)55(31)61-43-19-21-45(79-43)62(56-33(69)9-2-10-34(56)70)47-23-25-49(81-47)64(58-37(73)13-4-14-38(58)74)51-27-29-53(83-51)66(60-41(77)17-6-18-42(60)78)54-30-28-52(84-54)65(59-39(75)15-5-16-40(59)76)50-26-24-48(82-50)63(46-22-20-44(61)80-46)57-35(71)11-3-12-36(57)72/h1-30,79-80,83-84H. The second kappa shape index (κ2) is 23.2. The molecule has 3 aliphatic rings. The maximum Gasteiger partial charge on any atom is 0.0738 e. The van der Waals surface area contributed by atoms with Gasteiger partial charge in [-0.15, -0.1) is 0 Å². The van der Waals surface area contributed by atoms with Crippen LogP contribution in [0.3, 0.4) is 0 Å². The van der Waals surface area contributed by atoms with Crippen molar-refractivity contribution in [2.24, 2.45) is 9.98 Å². The van der Waals surface area contributed by atoms with E-state index >= 15 is 0 Å². The summed E-state index contributed by atoms with van der Waals surface area (Å²) >= 11 is 86.3. The molecule has 412 valence electrons. The van der Waals surface area contributed by atoms with Crippen molar-refractivity contribution in [3.05, 3.63) is 331 Å². The van der Waals surface area contributed by atoms with Gasteiger partial charge >= 0.3 is 0 Å². The summed E-state index contributed by atoms with van der Waals surface area (Å²) in [5.41, 5.74) is 11.2. The molecule has 0 aliphatic carbocycles. The van der Waals surface area contributed by atoms with Crippen molar-refractivity contribution < 1.29 is 0 Å². The number of aliphatic imine (C=N–C) groups is 2. The molecule has 7 heterocycles. The van der Waals surface area contributed by atoms with Crippen LogP contribution in [0.4, 0.5) is 0 Å². The molecule has 0 spiro atoms. The molecule has 4 aromatic heterocycles. The first-order valence-electron chi connectivity index (χ1n) is 25.6. The number of nitrogens with one attached hydrogen (secondary N) is 4. The van der Waals surface area contributed by atoms with Crippen LogP contribution in [-0.4, -0.2) is 31.4 Å². The van der Waals surface area contributed by atoms with Crippen molar-refractivity contribution in [2.75, 3.05) is 0 Å². The first-order chi connectivity index (χ1) is 40.6. The Morgan fingerprint density at radius 2 is 0.429 bits per heavy atom. The molecule has 0 radical (unpaired) electrons. The fraction of sp³-hybridized carbons (Fsp3) is 0. The first kappa shape index (κ1) is 56.8. The molecule has 0 unspecified atom stereocenters. The van der Waals surface area contributed by atoms with E-state index in [4.69, 9.17) is 149 Å². The molecule has 4 N–H and O–H groups in total. The summed E-state index contributed by atoms with van der Waals surface area (Å²) in [6.45, 7) is 0. The van der Waals surface area contributed by atoms with Gasteiger partial charge in [0.2, 0.25) is 0 Å². The van der Waals surface area contributed by atoms with E-state index in [2.05, 4.69) is 19.9 Å². The second-order valence-corrected chi connectivity index (χ2v) is 24.3. The van der Waals surface area contributed by atoms with Crippen molar-refractivity contribution in [3.8, 4) is 0 Å². The van der Waals surface area contributed by atoms with E-state index in [1.165, 1.54) is 0 Å². The minimum Gasteiger partial charge on any atom is -0.354 e. The third kappa shape index (κ3) is 10.2. The average Bonchev–Trinajstić information content (AvgIpc) is 2.73. The largest absolute Gasteiger partial charge is 0.354 e. The fourth-order valence-corrected chi connectivity index (χ4v) is 14.4. The summed E-state index contributed by atoms with van der Waals surface area (Å²) in [5, 5.41) is 7.02. The molecule has 13 rings (SSSR count). The Bertz CT molecular complexity index is 4510. The van der Waals surface area contributed by atoms with Gasteiger partial charge in [-0.05, 0) is 146 Å². The van der Waals surface area contributed by atoms with Crippen molar-refractivity contribution in [1.82, 2.24) is 19.9 Å². The number of hydrogen-bond donors (Lipinski definition) is 4. The molecule has 0 saturated carbocycles. The molecule has 6 nitrogen and oxygen atoms in total. The van der Waals surface area contributed by atoms with Crippen LogP contribution in [0.1, 0.15) is 56.2 Å². The second-order valence-electron chi connectivity index (χ2n) is 19.4. The van der Waals surface area contributed by atoms with Crippen LogP contribution in [0.15, 0.2) is 203 Å². The predicted octanol–water partition coefficient (Wildman–Crippen LogP) is 19.0. The number of allylic oxidation sites excluding steroid dienone is 4. The van der Waals surface area contributed by atoms with E-state index in [1.807, 2.05) is 72.8 Å². The smallest absolute Gasteiger partial charge is 0.0738 e. The van der Waals surface area contributed by atoms with Crippen LogP contribution in [0.2, 0.25) is 60.3 Å². The molecule has 12 bridgehead atoms. The summed E-state index contributed by atoms with van der Waals surface area (Å²) in [7, 11) is 0. The molecular formula is C66H34Cl12N6. The summed E-state index contributed by atoms with van der Waals surface area (Å²) in [6.07, 6.45) is 7.59. The number of halogens is 12. The highest BCUT2D eigenvalue weighted by molar-refractivity contribution is 6.45. The van der Waals surface area contributed by atoms with Crippen molar-refractivity contribution in [1.29, 1.82) is 0 Å².